The summed E-state index contributed by atoms with van der Waals surface area (Å²) in [7, 11) is 1.98. The van der Waals surface area contributed by atoms with Gasteiger partial charge in [0, 0.05) is 12.4 Å². The predicted octanol–water partition coefficient (Wildman–Crippen LogP) is 3.71. The Morgan fingerprint density at radius 2 is 1.65 bits per heavy atom. The van der Waals surface area contributed by atoms with Crippen molar-refractivity contribution in [3.8, 4) is 0 Å². The van der Waals surface area contributed by atoms with E-state index in [0.717, 1.165) is 28.0 Å². The fourth-order valence-electron chi connectivity index (χ4n) is 2.87. The van der Waals surface area contributed by atoms with Crippen molar-refractivity contribution in [2.75, 3.05) is 17.3 Å². The number of hydrogen-bond donors (Lipinski definition) is 2. The molecule has 2 aromatic carbocycles. The number of aromatic nitrogens is 1. The Bertz CT molecular complexity index is 839. The Labute approximate surface area is 147 Å². The third kappa shape index (κ3) is 2.59. The van der Waals surface area contributed by atoms with Gasteiger partial charge in [0.15, 0.2) is 0 Å². The summed E-state index contributed by atoms with van der Waals surface area (Å²) < 4.78 is 0. The molecule has 120 valence electrons. The SMILES string of the molecule is CN1c2ccccc2NC1(N)c1ccc2ccccc2n1.Cl.Cl. The van der Waals surface area contributed by atoms with Gasteiger partial charge in [0.25, 0.3) is 0 Å². The number of nitrogens with one attached hydrogen (secondary N) is 1. The summed E-state index contributed by atoms with van der Waals surface area (Å²) in [5.41, 5.74) is 10.5. The van der Waals surface area contributed by atoms with Crippen LogP contribution < -0.4 is 16.0 Å². The molecule has 1 aliphatic heterocycles. The minimum absolute atomic E-state index is 0. The van der Waals surface area contributed by atoms with Gasteiger partial charge < -0.3 is 10.2 Å². The molecule has 0 saturated carbocycles. The maximum Gasteiger partial charge on any atom is 0.209 e. The standard InChI is InChI=1S/C17H16N4.2ClH/c1-21-15-9-5-4-8-14(15)20-17(21,18)16-11-10-12-6-2-3-7-13(12)19-16;;/h2-11,20H,18H2,1H3;2*1H. The van der Waals surface area contributed by atoms with Gasteiger partial charge in [-0.05, 0) is 24.3 Å². The van der Waals surface area contributed by atoms with Gasteiger partial charge in [-0.2, -0.15) is 0 Å². The van der Waals surface area contributed by atoms with E-state index in [0.29, 0.717) is 0 Å². The molecule has 2 heterocycles. The van der Waals surface area contributed by atoms with Crippen molar-refractivity contribution in [2.24, 2.45) is 5.73 Å². The van der Waals surface area contributed by atoms with Crippen LogP contribution in [-0.2, 0) is 5.79 Å². The van der Waals surface area contributed by atoms with E-state index >= 15 is 0 Å². The number of halogens is 2. The van der Waals surface area contributed by atoms with E-state index in [1.807, 2.05) is 54.4 Å². The lowest BCUT2D eigenvalue weighted by atomic mass is 10.1. The third-order valence-electron chi connectivity index (χ3n) is 4.11. The van der Waals surface area contributed by atoms with Gasteiger partial charge in [0.2, 0.25) is 5.79 Å². The predicted molar refractivity (Wildman–Crippen MR) is 101 cm³/mol. The summed E-state index contributed by atoms with van der Waals surface area (Å²) in [6, 6.07) is 20.2. The molecule has 1 atom stereocenters. The average Bonchev–Trinajstić information content (AvgIpc) is 2.80. The first-order valence-electron chi connectivity index (χ1n) is 6.95. The molecule has 1 unspecified atom stereocenters. The molecule has 0 fully saturated rings. The Balaban J connectivity index is 0.000000960. The molecule has 0 spiro atoms. The van der Waals surface area contributed by atoms with E-state index in [2.05, 4.69) is 23.5 Å². The molecule has 3 N–H and O–H groups in total. The van der Waals surface area contributed by atoms with Crippen LogP contribution in [0.4, 0.5) is 11.4 Å². The second kappa shape index (κ2) is 6.24. The first-order chi connectivity index (χ1) is 10.2. The zero-order chi connectivity index (χ0) is 14.4. The van der Waals surface area contributed by atoms with Crippen molar-refractivity contribution in [2.45, 2.75) is 5.79 Å². The molecule has 1 aliphatic rings. The molecule has 4 nitrogen and oxygen atoms in total. The van der Waals surface area contributed by atoms with Crippen LogP contribution in [0.5, 0.6) is 0 Å². The minimum Gasteiger partial charge on any atom is -0.344 e. The van der Waals surface area contributed by atoms with Crippen molar-refractivity contribution in [1.29, 1.82) is 0 Å². The first kappa shape index (κ1) is 17.3. The van der Waals surface area contributed by atoms with Crippen LogP contribution in [0.25, 0.3) is 10.9 Å². The average molecular weight is 349 g/mol. The van der Waals surface area contributed by atoms with Crippen LogP contribution in [0.1, 0.15) is 5.69 Å². The highest BCUT2D eigenvalue weighted by molar-refractivity contribution is 5.85. The Morgan fingerprint density at radius 3 is 2.43 bits per heavy atom. The number of fused-ring (bicyclic) bond motifs is 2. The number of rotatable bonds is 1. The Hall–Kier alpha value is -2.01. The lowest BCUT2D eigenvalue weighted by molar-refractivity contribution is 0.509. The van der Waals surface area contributed by atoms with Gasteiger partial charge in [0.05, 0.1) is 16.9 Å². The van der Waals surface area contributed by atoms with Gasteiger partial charge in [0.1, 0.15) is 5.69 Å². The van der Waals surface area contributed by atoms with Crippen molar-refractivity contribution in [3.63, 3.8) is 0 Å². The summed E-state index contributed by atoms with van der Waals surface area (Å²) in [6.07, 6.45) is 0. The Morgan fingerprint density at radius 1 is 0.957 bits per heavy atom. The number of pyridine rings is 1. The van der Waals surface area contributed by atoms with E-state index in [9.17, 15) is 0 Å². The molecule has 23 heavy (non-hydrogen) atoms. The minimum atomic E-state index is -0.826. The summed E-state index contributed by atoms with van der Waals surface area (Å²) in [5, 5.41) is 4.50. The van der Waals surface area contributed by atoms with E-state index < -0.39 is 5.79 Å². The maximum atomic E-state index is 6.62. The highest BCUT2D eigenvalue weighted by Crippen LogP contribution is 2.40. The first-order valence-corrected chi connectivity index (χ1v) is 6.95. The lowest BCUT2D eigenvalue weighted by Gasteiger charge is -2.33. The molecule has 6 heteroatoms. The molecule has 0 bridgehead atoms. The van der Waals surface area contributed by atoms with Crippen molar-refractivity contribution < 1.29 is 0 Å². The lowest BCUT2D eigenvalue weighted by Crippen LogP contribution is -2.54. The normalized spacial score (nSPS) is 18.6. The van der Waals surface area contributed by atoms with Crippen LogP contribution in [0.3, 0.4) is 0 Å². The van der Waals surface area contributed by atoms with Crippen LogP contribution in [-0.4, -0.2) is 12.0 Å². The summed E-state index contributed by atoms with van der Waals surface area (Å²) in [4.78, 5) is 6.76. The van der Waals surface area contributed by atoms with E-state index in [1.165, 1.54) is 0 Å². The van der Waals surface area contributed by atoms with Crippen molar-refractivity contribution in [1.82, 2.24) is 4.98 Å². The number of para-hydroxylation sites is 3. The summed E-state index contributed by atoms with van der Waals surface area (Å²) >= 11 is 0. The fraction of sp³-hybridized carbons (Fsp3) is 0.118. The molecule has 0 saturated heterocycles. The van der Waals surface area contributed by atoms with Crippen molar-refractivity contribution in [3.05, 3.63) is 66.4 Å². The second-order valence-corrected chi connectivity index (χ2v) is 5.36. The quantitative estimate of drug-likeness (QED) is 0.703. The summed E-state index contributed by atoms with van der Waals surface area (Å²) in [6.45, 7) is 0. The van der Waals surface area contributed by atoms with E-state index in [1.54, 1.807) is 0 Å². The monoisotopic (exact) mass is 348 g/mol. The molecule has 0 aliphatic carbocycles. The molecular weight excluding hydrogens is 331 g/mol. The topological polar surface area (TPSA) is 54.2 Å². The smallest absolute Gasteiger partial charge is 0.209 e. The third-order valence-corrected chi connectivity index (χ3v) is 4.11. The van der Waals surface area contributed by atoms with Crippen LogP contribution in [0.15, 0.2) is 60.7 Å². The Kier molecular flexibility index (Phi) is 4.71. The number of nitrogens with two attached hydrogens (primary N) is 1. The number of benzene rings is 2. The highest BCUT2D eigenvalue weighted by atomic mass is 35.5. The van der Waals surface area contributed by atoms with E-state index in [4.69, 9.17) is 10.7 Å². The van der Waals surface area contributed by atoms with Gasteiger partial charge in [-0.3, -0.25) is 5.73 Å². The number of hydrogen-bond acceptors (Lipinski definition) is 4. The fourth-order valence-corrected chi connectivity index (χ4v) is 2.87. The zero-order valence-electron chi connectivity index (χ0n) is 12.6. The molecule has 0 amide bonds. The number of anilines is 2. The molecule has 3 aromatic rings. The van der Waals surface area contributed by atoms with Crippen LogP contribution >= 0.6 is 24.8 Å². The van der Waals surface area contributed by atoms with Crippen molar-refractivity contribution >= 4 is 47.1 Å². The van der Waals surface area contributed by atoms with Gasteiger partial charge >= 0.3 is 0 Å². The zero-order valence-corrected chi connectivity index (χ0v) is 14.2. The summed E-state index contributed by atoms with van der Waals surface area (Å²) in [5.74, 6) is -0.826. The van der Waals surface area contributed by atoms with Crippen LogP contribution in [0, 0.1) is 0 Å². The molecular formula is C17H18Cl2N4. The molecule has 1 aromatic heterocycles. The molecule has 0 radical (unpaired) electrons. The van der Waals surface area contributed by atoms with Gasteiger partial charge in [-0.25, -0.2) is 4.98 Å². The molecule has 4 rings (SSSR count). The van der Waals surface area contributed by atoms with Crippen LogP contribution in [0.2, 0.25) is 0 Å². The number of nitrogens with zero attached hydrogens (tertiary/aromatic N) is 2. The van der Waals surface area contributed by atoms with Gasteiger partial charge in [-0.1, -0.05) is 36.4 Å². The largest absolute Gasteiger partial charge is 0.344 e. The van der Waals surface area contributed by atoms with E-state index in [-0.39, 0.29) is 24.8 Å². The maximum absolute atomic E-state index is 6.62. The van der Waals surface area contributed by atoms with Gasteiger partial charge in [-0.15, -0.1) is 24.8 Å². The second-order valence-electron chi connectivity index (χ2n) is 5.36. The highest BCUT2D eigenvalue weighted by Gasteiger charge is 2.40.